The highest BCUT2D eigenvalue weighted by atomic mass is 15.1. The lowest BCUT2D eigenvalue weighted by molar-refractivity contribution is 1.01. The first-order valence-corrected chi connectivity index (χ1v) is 6.56. The summed E-state index contributed by atoms with van der Waals surface area (Å²) in [5, 5.41) is 6.53. The van der Waals surface area contributed by atoms with E-state index < -0.39 is 0 Å². The summed E-state index contributed by atoms with van der Waals surface area (Å²) >= 11 is 0. The summed E-state index contributed by atoms with van der Waals surface area (Å²) in [5.41, 5.74) is 2.52. The van der Waals surface area contributed by atoms with Gasteiger partial charge in [0.15, 0.2) is 0 Å². The monoisotopic (exact) mass is 256 g/mol. The number of aromatic nitrogens is 2. The lowest BCUT2D eigenvalue weighted by Gasteiger charge is -2.09. The van der Waals surface area contributed by atoms with Crippen LogP contribution < -0.4 is 10.6 Å². The minimum Gasteiger partial charge on any atom is -0.370 e. The first-order chi connectivity index (χ1) is 9.17. The van der Waals surface area contributed by atoms with Gasteiger partial charge in [0.05, 0.1) is 0 Å². The average molecular weight is 256 g/mol. The third kappa shape index (κ3) is 3.95. The molecule has 0 unspecified atom stereocenters. The second kappa shape index (κ2) is 6.18. The van der Waals surface area contributed by atoms with Crippen molar-refractivity contribution < 1.29 is 0 Å². The third-order valence-corrected chi connectivity index (χ3v) is 2.79. The van der Waals surface area contributed by atoms with Crippen molar-refractivity contribution in [3.63, 3.8) is 0 Å². The van der Waals surface area contributed by atoms with Crippen molar-refractivity contribution in [2.45, 2.75) is 27.3 Å². The highest BCUT2D eigenvalue weighted by molar-refractivity contribution is 5.47. The molecular formula is C15H20N4. The maximum absolute atomic E-state index is 4.39. The molecule has 1 heterocycles. The van der Waals surface area contributed by atoms with Crippen molar-refractivity contribution in [1.29, 1.82) is 0 Å². The van der Waals surface area contributed by atoms with E-state index in [1.807, 2.05) is 13.0 Å². The topological polar surface area (TPSA) is 49.8 Å². The summed E-state index contributed by atoms with van der Waals surface area (Å²) < 4.78 is 0. The molecule has 0 aliphatic carbocycles. The van der Waals surface area contributed by atoms with Crippen LogP contribution in [-0.2, 0) is 6.54 Å². The highest BCUT2D eigenvalue weighted by Crippen LogP contribution is 2.12. The van der Waals surface area contributed by atoms with Crippen molar-refractivity contribution in [1.82, 2.24) is 9.97 Å². The Balaban J connectivity index is 2.04. The van der Waals surface area contributed by atoms with Gasteiger partial charge in [0, 0.05) is 19.2 Å². The van der Waals surface area contributed by atoms with E-state index in [1.54, 1.807) is 0 Å². The maximum Gasteiger partial charge on any atom is 0.132 e. The third-order valence-electron chi connectivity index (χ3n) is 2.79. The van der Waals surface area contributed by atoms with Gasteiger partial charge in [0.1, 0.15) is 17.5 Å². The molecule has 2 aromatic rings. The van der Waals surface area contributed by atoms with Crippen molar-refractivity contribution >= 4 is 11.6 Å². The summed E-state index contributed by atoms with van der Waals surface area (Å²) in [7, 11) is 0. The van der Waals surface area contributed by atoms with Crippen molar-refractivity contribution in [3.05, 3.63) is 47.3 Å². The number of hydrogen-bond acceptors (Lipinski definition) is 4. The number of aryl methyl sites for hydroxylation is 2. The molecule has 0 bridgehead atoms. The number of benzene rings is 1. The molecule has 2 N–H and O–H groups in total. The zero-order valence-corrected chi connectivity index (χ0v) is 11.7. The predicted molar refractivity (Wildman–Crippen MR) is 79.4 cm³/mol. The summed E-state index contributed by atoms with van der Waals surface area (Å²) in [6, 6.07) is 10.4. The molecule has 0 saturated carbocycles. The summed E-state index contributed by atoms with van der Waals surface area (Å²) in [6.07, 6.45) is 0. The van der Waals surface area contributed by atoms with Crippen LogP contribution in [0.15, 0.2) is 30.3 Å². The fourth-order valence-electron chi connectivity index (χ4n) is 1.83. The standard InChI is InChI=1S/C15H20N4/c1-4-16-14-9-15(19-12(3)18-14)17-10-13-7-5-11(2)6-8-13/h5-9H,4,10H2,1-3H3,(H2,16,17,18,19). The first kappa shape index (κ1) is 13.3. The largest absolute Gasteiger partial charge is 0.370 e. The van der Waals surface area contributed by atoms with E-state index in [2.05, 4.69) is 58.7 Å². The van der Waals surface area contributed by atoms with Gasteiger partial charge in [-0.2, -0.15) is 0 Å². The Bertz CT molecular complexity index is 534. The minimum atomic E-state index is 0.766. The van der Waals surface area contributed by atoms with Crippen LogP contribution >= 0.6 is 0 Å². The fraction of sp³-hybridized carbons (Fsp3) is 0.333. The number of anilines is 2. The van der Waals surface area contributed by atoms with Gasteiger partial charge >= 0.3 is 0 Å². The van der Waals surface area contributed by atoms with Gasteiger partial charge in [0.25, 0.3) is 0 Å². The molecule has 2 rings (SSSR count). The average Bonchev–Trinajstić information content (AvgIpc) is 2.38. The number of rotatable bonds is 5. The normalized spacial score (nSPS) is 10.3. The molecule has 1 aromatic heterocycles. The quantitative estimate of drug-likeness (QED) is 0.863. The second-order valence-corrected chi connectivity index (χ2v) is 4.56. The summed E-state index contributed by atoms with van der Waals surface area (Å²) in [6.45, 7) is 7.67. The van der Waals surface area contributed by atoms with Crippen molar-refractivity contribution in [3.8, 4) is 0 Å². The van der Waals surface area contributed by atoms with Gasteiger partial charge in [-0.1, -0.05) is 29.8 Å². The van der Waals surface area contributed by atoms with Gasteiger partial charge in [-0.25, -0.2) is 9.97 Å². The van der Waals surface area contributed by atoms with Crippen LogP contribution in [-0.4, -0.2) is 16.5 Å². The van der Waals surface area contributed by atoms with Gasteiger partial charge in [-0.3, -0.25) is 0 Å². The summed E-state index contributed by atoms with van der Waals surface area (Å²) in [4.78, 5) is 8.71. The van der Waals surface area contributed by atoms with E-state index in [1.165, 1.54) is 11.1 Å². The molecule has 0 atom stereocenters. The lowest BCUT2D eigenvalue weighted by Crippen LogP contribution is -2.06. The smallest absolute Gasteiger partial charge is 0.132 e. The first-order valence-electron chi connectivity index (χ1n) is 6.56. The molecule has 4 nitrogen and oxygen atoms in total. The molecule has 19 heavy (non-hydrogen) atoms. The van der Waals surface area contributed by atoms with Gasteiger partial charge in [-0.05, 0) is 26.3 Å². The van der Waals surface area contributed by atoms with E-state index in [0.29, 0.717) is 0 Å². The fourth-order valence-corrected chi connectivity index (χ4v) is 1.83. The van der Waals surface area contributed by atoms with Crippen molar-refractivity contribution in [2.24, 2.45) is 0 Å². The zero-order chi connectivity index (χ0) is 13.7. The van der Waals surface area contributed by atoms with E-state index in [-0.39, 0.29) is 0 Å². The minimum absolute atomic E-state index is 0.766. The van der Waals surface area contributed by atoms with Crippen LogP contribution in [0.3, 0.4) is 0 Å². The molecule has 0 saturated heterocycles. The SMILES string of the molecule is CCNc1cc(NCc2ccc(C)cc2)nc(C)n1. The predicted octanol–water partition coefficient (Wildman–Crippen LogP) is 3.14. The lowest BCUT2D eigenvalue weighted by atomic mass is 10.1. The summed E-state index contributed by atoms with van der Waals surface area (Å²) in [5.74, 6) is 2.48. The Morgan fingerprint density at radius 2 is 1.58 bits per heavy atom. The molecule has 0 aliphatic rings. The molecule has 1 aromatic carbocycles. The number of nitrogens with one attached hydrogen (secondary N) is 2. The Kier molecular flexibility index (Phi) is 4.34. The Hall–Kier alpha value is -2.10. The molecule has 4 heteroatoms. The van der Waals surface area contributed by atoms with Gasteiger partial charge < -0.3 is 10.6 Å². The maximum atomic E-state index is 4.39. The molecule has 0 aliphatic heterocycles. The van der Waals surface area contributed by atoms with Gasteiger partial charge in [0.2, 0.25) is 0 Å². The van der Waals surface area contributed by atoms with Gasteiger partial charge in [-0.15, -0.1) is 0 Å². The molecule has 100 valence electrons. The van der Waals surface area contributed by atoms with Crippen LogP contribution in [0.5, 0.6) is 0 Å². The van der Waals surface area contributed by atoms with Crippen LogP contribution in [0, 0.1) is 13.8 Å². The molecule has 0 fully saturated rings. The molecular weight excluding hydrogens is 236 g/mol. The van der Waals surface area contributed by atoms with Crippen LogP contribution in [0.4, 0.5) is 11.6 Å². The number of hydrogen-bond donors (Lipinski definition) is 2. The van der Waals surface area contributed by atoms with Crippen LogP contribution in [0.25, 0.3) is 0 Å². The highest BCUT2D eigenvalue weighted by Gasteiger charge is 2.01. The van der Waals surface area contributed by atoms with Crippen molar-refractivity contribution in [2.75, 3.05) is 17.2 Å². The van der Waals surface area contributed by atoms with E-state index in [4.69, 9.17) is 0 Å². The number of nitrogens with zero attached hydrogens (tertiary/aromatic N) is 2. The molecule has 0 radical (unpaired) electrons. The van der Waals surface area contributed by atoms with E-state index in [0.717, 1.165) is 30.5 Å². The van der Waals surface area contributed by atoms with Crippen LogP contribution in [0.2, 0.25) is 0 Å². The molecule has 0 spiro atoms. The Labute approximate surface area is 114 Å². The second-order valence-electron chi connectivity index (χ2n) is 4.56. The van der Waals surface area contributed by atoms with Crippen LogP contribution in [0.1, 0.15) is 23.9 Å². The zero-order valence-electron chi connectivity index (χ0n) is 11.7. The Morgan fingerprint density at radius 1 is 0.947 bits per heavy atom. The van der Waals surface area contributed by atoms with E-state index >= 15 is 0 Å². The Morgan fingerprint density at radius 3 is 2.21 bits per heavy atom. The van der Waals surface area contributed by atoms with E-state index in [9.17, 15) is 0 Å². The molecule has 0 amide bonds.